The number of nitrogens with zero attached hydrogens (tertiary/aromatic N) is 2. The molecule has 0 heterocycles. The van der Waals surface area contributed by atoms with Gasteiger partial charge >= 0.3 is 0 Å². The zero-order valence-corrected chi connectivity index (χ0v) is 35.5. The standard InChI is InChI=1S/C61H45N3/c62-61(63(37-57-49-25-9-1-17-41(49)33-42-18-2-10-26-50(42)57)38-58-51-27-11-3-19-43(51)34-44-20-4-12-28-52(44)58)64(39-59-53-29-13-5-21-45(53)35-46-22-6-14-30-54(46)59)40-60-55-31-15-7-23-47(55)36-48-24-8-16-32-56(48)60/h1-36,62H,37-40H2. The van der Waals surface area contributed by atoms with Crippen LogP contribution in [0.1, 0.15) is 22.3 Å². The summed E-state index contributed by atoms with van der Waals surface area (Å²) in [6, 6.07) is 79.4. The summed E-state index contributed by atoms with van der Waals surface area (Å²) < 4.78 is 0. The molecule has 3 nitrogen and oxygen atoms in total. The summed E-state index contributed by atoms with van der Waals surface area (Å²) in [5, 5.41) is 30.3. The van der Waals surface area contributed by atoms with Crippen molar-refractivity contribution in [1.82, 2.24) is 9.80 Å². The van der Waals surface area contributed by atoms with Crippen LogP contribution in [0.25, 0.3) is 86.2 Å². The maximum atomic E-state index is 10.9. The Labute approximate surface area is 372 Å². The van der Waals surface area contributed by atoms with E-state index in [2.05, 4.69) is 228 Å². The fourth-order valence-electron chi connectivity index (χ4n) is 10.5. The molecule has 0 bridgehead atoms. The number of hydrogen-bond donors (Lipinski definition) is 1. The summed E-state index contributed by atoms with van der Waals surface area (Å²) in [7, 11) is 0. The van der Waals surface area contributed by atoms with E-state index >= 15 is 0 Å². The molecule has 0 saturated carbocycles. The van der Waals surface area contributed by atoms with E-state index in [0.29, 0.717) is 32.1 Å². The largest absolute Gasteiger partial charge is 0.334 e. The molecule has 0 fully saturated rings. The molecule has 12 rings (SSSR count). The lowest BCUT2D eigenvalue weighted by Crippen LogP contribution is -2.42. The first-order valence-corrected chi connectivity index (χ1v) is 22.3. The van der Waals surface area contributed by atoms with Gasteiger partial charge in [-0.2, -0.15) is 0 Å². The van der Waals surface area contributed by atoms with E-state index in [9.17, 15) is 5.41 Å². The van der Waals surface area contributed by atoms with E-state index in [-0.39, 0.29) is 0 Å². The number of benzene rings is 12. The van der Waals surface area contributed by atoms with Gasteiger partial charge in [-0.3, -0.25) is 5.41 Å². The van der Waals surface area contributed by atoms with Crippen molar-refractivity contribution in [2.75, 3.05) is 0 Å². The highest BCUT2D eigenvalue weighted by atomic mass is 15.4. The highest BCUT2D eigenvalue weighted by Crippen LogP contribution is 2.37. The van der Waals surface area contributed by atoms with Gasteiger partial charge in [-0.1, -0.05) is 194 Å². The summed E-state index contributed by atoms with van der Waals surface area (Å²) in [6.45, 7) is 2.17. The van der Waals surface area contributed by atoms with Crippen LogP contribution in [0.4, 0.5) is 0 Å². The summed E-state index contributed by atoms with van der Waals surface area (Å²) >= 11 is 0. The predicted octanol–water partition coefficient (Wildman–Crippen LogP) is 15.6. The molecule has 0 aromatic heterocycles. The van der Waals surface area contributed by atoms with Crippen LogP contribution in [-0.2, 0) is 26.2 Å². The normalized spacial score (nSPS) is 11.8. The van der Waals surface area contributed by atoms with Crippen molar-refractivity contribution < 1.29 is 0 Å². The van der Waals surface area contributed by atoms with E-state index in [4.69, 9.17) is 0 Å². The topological polar surface area (TPSA) is 30.3 Å². The van der Waals surface area contributed by atoms with Crippen molar-refractivity contribution in [2.45, 2.75) is 26.2 Å². The third kappa shape index (κ3) is 6.56. The molecule has 0 unspecified atom stereocenters. The molecule has 0 spiro atoms. The SMILES string of the molecule is N=C(N(Cc1c2ccccc2cc2ccccc12)Cc1c2ccccc2cc2ccccc12)N(Cc1c2ccccc2cc2ccccc12)Cc1c2ccccc2cc2ccccc12. The monoisotopic (exact) mass is 819 g/mol. The van der Waals surface area contributed by atoms with Gasteiger partial charge in [-0.25, -0.2) is 0 Å². The smallest absolute Gasteiger partial charge is 0.194 e. The van der Waals surface area contributed by atoms with Crippen LogP contribution in [0.3, 0.4) is 0 Å². The fraction of sp³-hybridized carbons (Fsp3) is 0.0656. The Morgan fingerprint density at radius 1 is 0.250 bits per heavy atom. The summed E-state index contributed by atoms with van der Waals surface area (Å²) in [5.74, 6) is 0.489. The van der Waals surface area contributed by atoms with Gasteiger partial charge < -0.3 is 9.80 Å². The van der Waals surface area contributed by atoms with E-state index in [1.165, 1.54) is 108 Å². The van der Waals surface area contributed by atoms with Gasteiger partial charge in [0.2, 0.25) is 0 Å². The number of fused-ring (bicyclic) bond motifs is 8. The van der Waals surface area contributed by atoms with Crippen molar-refractivity contribution in [1.29, 1.82) is 5.41 Å². The van der Waals surface area contributed by atoms with Gasteiger partial charge in [0.1, 0.15) is 0 Å². The third-order valence-electron chi connectivity index (χ3n) is 13.5. The molecule has 3 heteroatoms. The molecule has 0 aliphatic heterocycles. The van der Waals surface area contributed by atoms with E-state index in [1.807, 2.05) is 0 Å². The van der Waals surface area contributed by atoms with Crippen molar-refractivity contribution in [2.24, 2.45) is 0 Å². The maximum Gasteiger partial charge on any atom is 0.194 e. The van der Waals surface area contributed by atoms with Crippen molar-refractivity contribution in [3.8, 4) is 0 Å². The van der Waals surface area contributed by atoms with Gasteiger partial charge in [-0.15, -0.1) is 0 Å². The Morgan fingerprint density at radius 2 is 0.406 bits per heavy atom. The van der Waals surface area contributed by atoms with Crippen LogP contribution >= 0.6 is 0 Å². The predicted molar refractivity (Wildman–Crippen MR) is 272 cm³/mol. The molecule has 0 amide bonds. The molecule has 1 N–H and O–H groups in total. The van der Waals surface area contributed by atoms with E-state index < -0.39 is 0 Å². The third-order valence-corrected chi connectivity index (χ3v) is 13.5. The molecular weight excluding hydrogens is 775 g/mol. The first kappa shape index (κ1) is 37.7. The van der Waals surface area contributed by atoms with Crippen LogP contribution in [0, 0.1) is 5.41 Å². The summed E-state index contributed by atoms with van der Waals surface area (Å²) in [6.07, 6.45) is 0. The molecule has 304 valence electrons. The molecule has 0 aliphatic rings. The van der Waals surface area contributed by atoms with E-state index in [0.717, 1.165) is 0 Å². The van der Waals surface area contributed by atoms with E-state index in [1.54, 1.807) is 0 Å². The van der Waals surface area contributed by atoms with Crippen molar-refractivity contribution in [3.63, 3.8) is 0 Å². The Hall–Kier alpha value is -8.01. The lowest BCUT2D eigenvalue weighted by atomic mass is 9.94. The highest BCUT2D eigenvalue weighted by molar-refractivity contribution is 6.06. The zero-order chi connectivity index (χ0) is 42.6. The number of guanidine groups is 1. The molecule has 0 radical (unpaired) electrons. The second kappa shape index (κ2) is 15.7. The van der Waals surface area contributed by atoms with Crippen LogP contribution in [0.15, 0.2) is 218 Å². The second-order valence-corrected chi connectivity index (χ2v) is 17.2. The lowest BCUT2D eigenvalue weighted by molar-refractivity contribution is 0.296. The molecule has 12 aromatic carbocycles. The highest BCUT2D eigenvalue weighted by Gasteiger charge is 2.25. The number of nitrogens with one attached hydrogen (secondary N) is 1. The first-order valence-electron chi connectivity index (χ1n) is 22.3. The molecule has 0 aliphatic carbocycles. The zero-order valence-electron chi connectivity index (χ0n) is 35.5. The molecule has 12 aromatic rings. The van der Waals surface area contributed by atoms with Crippen LogP contribution in [-0.4, -0.2) is 15.8 Å². The Kier molecular flexibility index (Phi) is 9.26. The minimum Gasteiger partial charge on any atom is -0.334 e. The summed E-state index contributed by atoms with van der Waals surface area (Å²) in [4.78, 5) is 4.73. The molecule has 64 heavy (non-hydrogen) atoms. The quantitative estimate of drug-likeness (QED) is 0.0940. The first-order chi connectivity index (χ1) is 31.6. The van der Waals surface area contributed by atoms with Crippen molar-refractivity contribution in [3.05, 3.63) is 241 Å². The van der Waals surface area contributed by atoms with Crippen LogP contribution < -0.4 is 0 Å². The Morgan fingerprint density at radius 3 is 0.578 bits per heavy atom. The Balaban J connectivity index is 1.11. The minimum atomic E-state index is 0.489. The van der Waals surface area contributed by atoms with Gasteiger partial charge in [0.25, 0.3) is 0 Å². The number of hydrogen-bond acceptors (Lipinski definition) is 1. The van der Waals surface area contributed by atoms with Gasteiger partial charge in [-0.05, 0) is 133 Å². The number of rotatable bonds is 8. The average Bonchev–Trinajstić information content (AvgIpc) is 3.35. The van der Waals surface area contributed by atoms with Gasteiger partial charge in [0.05, 0.1) is 0 Å². The van der Waals surface area contributed by atoms with Gasteiger partial charge in [0.15, 0.2) is 5.96 Å². The lowest BCUT2D eigenvalue weighted by Gasteiger charge is -2.36. The second-order valence-electron chi connectivity index (χ2n) is 17.2. The molecular formula is C61H45N3. The average molecular weight is 820 g/mol. The van der Waals surface area contributed by atoms with Gasteiger partial charge in [0, 0.05) is 26.2 Å². The van der Waals surface area contributed by atoms with Crippen molar-refractivity contribution >= 4 is 92.1 Å². The maximum absolute atomic E-state index is 10.9. The molecule has 0 atom stereocenters. The van der Waals surface area contributed by atoms with Crippen LogP contribution in [0.5, 0.6) is 0 Å². The minimum absolute atomic E-state index is 0.489. The Bertz CT molecular complexity index is 3090. The fourth-order valence-corrected chi connectivity index (χ4v) is 10.5. The summed E-state index contributed by atoms with van der Waals surface area (Å²) in [5.41, 5.74) is 4.92. The van der Waals surface area contributed by atoms with Crippen LogP contribution in [0.2, 0.25) is 0 Å². The molecule has 0 saturated heterocycles.